The van der Waals surface area contributed by atoms with Crippen LogP contribution in [0.15, 0.2) is 70.3 Å². The lowest BCUT2D eigenvalue weighted by molar-refractivity contribution is 0.481. The molecule has 0 saturated heterocycles. The molecule has 0 fully saturated rings. The van der Waals surface area contributed by atoms with Crippen LogP contribution in [0.25, 0.3) is 16.9 Å². The van der Waals surface area contributed by atoms with Crippen molar-refractivity contribution in [3.8, 4) is 23.0 Å². The molecule has 0 saturated carbocycles. The van der Waals surface area contributed by atoms with E-state index in [9.17, 15) is 9.65 Å². The lowest BCUT2D eigenvalue weighted by Gasteiger charge is -2.00. The first kappa shape index (κ1) is 20.0. The summed E-state index contributed by atoms with van der Waals surface area (Å²) in [5, 5.41) is 18.1. The van der Waals surface area contributed by atoms with Gasteiger partial charge in [0.25, 0.3) is 5.88 Å². The van der Waals surface area contributed by atoms with Gasteiger partial charge in [0.2, 0.25) is 11.6 Å². The average molecular weight is 414 g/mol. The summed E-state index contributed by atoms with van der Waals surface area (Å²) in [5.74, 6) is 0.360. The number of oxazole rings is 1. The number of anilines is 1. The van der Waals surface area contributed by atoms with Gasteiger partial charge in [-0.3, -0.25) is 0 Å². The average Bonchev–Trinajstić information content (AvgIpc) is 3.40. The number of halogens is 1. The number of aromatic nitrogens is 3. The van der Waals surface area contributed by atoms with Gasteiger partial charge >= 0.3 is 0 Å². The van der Waals surface area contributed by atoms with Crippen molar-refractivity contribution in [2.45, 2.75) is 19.8 Å². The molecule has 0 atom stereocenters. The second-order valence-corrected chi connectivity index (χ2v) is 7.09. The van der Waals surface area contributed by atoms with Crippen molar-refractivity contribution in [1.82, 2.24) is 14.8 Å². The number of para-hydroxylation sites is 1. The van der Waals surface area contributed by atoms with Crippen LogP contribution in [0.1, 0.15) is 36.9 Å². The van der Waals surface area contributed by atoms with Crippen LogP contribution in [0, 0.1) is 17.1 Å². The molecule has 0 aliphatic heterocycles. The Morgan fingerprint density at radius 1 is 1.16 bits per heavy atom. The number of rotatable bonds is 6. The van der Waals surface area contributed by atoms with E-state index in [1.165, 1.54) is 12.1 Å². The molecule has 0 spiro atoms. The standard InChI is InChI=1S/C23H19FN6O/c1-15(2)22-27-20(12-25)23(31-22)28-26-13-17-14-30(19-6-4-3-5-7-19)29-21(17)16-8-10-18(24)11-9-16/h3-11,13-15,28H,1-2H3. The third kappa shape index (κ3) is 4.36. The Balaban J connectivity index is 1.68. The summed E-state index contributed by atoms with van der Waals surface area (Å²) < 4.78 is 20.7. The molecule has 0 radical (unpaired) electrons. The fraction of sp³-hybridized carbons (Fsp3) is 0.130. The summed E-state index contributed by atoms with van der Waals surface area (Å²) in [6.07, 6.45) is 3.40. The first-order valence-corrected chi connectivity index (χ1v) is 9.66. The normalized spacial score (nSPS) is 11.2. The highest BCUT2D eigenvalue weighted by molar-refractivity contribution is 5.89. The van der Waals surface area contributed by atoms with Gasteiger partial charge in [0.1, 0.15) is 17.6 Å². The third-order valence-corrected chi connectivity index (χ3v) is 4.49. The molecular formula is C23H19FN6O. The number of benzene rings is 2. The molecule has 2 aromatic heterocycles. The van der Waals surface area contributed by atoms with Gasteiger partial charge in [-0.25, -0.2) is 19.5 Å². The molecular weight excluding hydrogens is 395 g/mol. The van der Waals surface area contributed by atoms with Gasteiger partial charge in [-0.05, 0) is 36.4 Å². The molecule has 0 aliphatic rings. The van der Waals surface area contributed by atoms with Crippen molar-refractivity contribution < 1.29 is 8.81 Å². The molecule has 154 valence electrons. The van der Waals surface area contributed by atoms with Crippen LogP contribution in [0.3, 0.4) is 0 Å². The summed E-state index contributed by atoms with van der Waals surface area (Å²) in [6.45, 7) is 3.85. The Hall–Kier alpha value is -4.25. The molecule has 1 N–H and O–H groups in total. The summed E-state index contributed by atoms with van der Waals surface area (Å²) in [6, 6.07) is 17.7. The maximum atomic E-state index is 13.4. The second-order valence-electron chi connectivity index (χ2n) is 7.09. The van der Waals surface area contributed by atoms with Gasteiger partial charge < -0.3 is 4.42 Å². The Kier molecular flexibility index (Phi) is 5.58. The van der Waals surface area contributed by atoms with E-state index < -0.39 is 0 Å². The molecule has 2 heterocycles. The third-order valence-electron chi connectivity index (χ3n) is 4.49. The quantitative estimate of drug-likeness (QED) is 0.350. The Morgan fingerprint density at radius 3 is 2.58 bits per heavy atom. The van der Waals surface area contributed by atoms with Crippen LogP contribution < -0.4 is 5.43 Å². The highest BCUT2D eigenvalue weighted by Gasteiger charge is 2.15. The van der Waals surface area contributed by atoms with Crippen molar-refractivity contribution in [3.63, 3.8) is 0 Å². The molecule has 4 rings (SSSR count). The molecule has 0 amide bonds. The minimum absolute atomic E-state index is 0.0424. The molecule has 8 heteroatoms. The highest BCUT2D eigenvalue weighted by atomic mass is 19.1. The molecule has 0 bridgehead atoms. The predicted molar refractivity (Wildman–Crippen MR) is 115 cm³/mol. The topological polar surface area (TPSA) is 92.0 Å². The molecule has 0 aliphatic carbocycles. The maximum absolute atomic E-state index is 13.4. The van der Waals surface area contributed by atoms with Crippen molar-refractivity contribution in [3.05, 3.63) is 83.8 Å². The zero-order valence-electron chi connectivity index (χ0n) is 17.0. The fourth-order valence-electron chi connectivity index (χ4n) is 2.92. The van der Waals surface area contributed by atoms with Gasteiger partial charge in [0.15, 0.2) is 0 Å². The summed E-state index contributed by atoms with van der Waals surface area (Å²) in [7, 11) is 0. The largest absolute Gasteiger partial charge is 0.422 e. The summed E-state index contributed by atoms with van der Waals surface area (Å²) >= 11 is 0. The van der Waals surface area contributed by atoms with Crippen molar-refractivity contribution >= 4 is 12.1 Å². The number of nitrogens with one attached hydrogen (secondary N) is 1. The predicted octanol–water partition coefficient (Wildman–Crippen LogP) is 5.11. The van der Waals surface area contributed by atoms with Gasteiger partial charge in [-0.2, -0.15) is 15.5 Å². The Bertz CT molecular complexity index is 1250. The minimum atomic E-state index is -0.321. The van der Waals surface area contributed by atoms with Crippen LogP contribution in [0.5, 0.6) is 0 Å². The van der Waals surface area contributed by atoms with Crippen LogP contribution in [0.2, 0.25) is 0 Å². The van der Waals surface area contributed by atoms with E-state index >= 15 is 0 Å². The van der Waals surface area contributed by atoms with Crippen molar-refractivity contribution in [2.24, 2.45) is 5.10 Å². The van der Waals surface area contributed by atoms with Crippen LogP contribution in [-0.4, -0.2) is 21.0 Å². The minimum Gasteiger partial charge on any atom is -0.422 e. The number of hydrogen-bond donors (Lipinski definition) is 1. The zero-order valence-corrected chi connectivity index (χ0v) is 17.0. The smallest absolute Gasteiger partial charge is 0.252 e. The van der Waals surface area contributed by atoms with Gasteiger partial charge in [-0.1, -0.05) is 32.0 Å². The molecule has 2 aromatic carbocycles. The van der Waals surface area contributed by atoms with Crippen molar-refractivity contribution in [2.75, 3.05) is 5.43 Å². The van der Waals surface area contributed by atoms with E-state index in [4.69, 9.17) is 4.42 Å². The molecule has 31 heavy (non-hydrogen) atoms. The number of hydrogen-bond acceptors (Lipinski definition) is 6. The van der Waals surface area contributed by atoms with Gasteiger partial charge in [0.05, 0.1) is 11.9 Å². The molecule has 7 nitrogen and oxygen atoms in total. The van der Waals surface area contributed by atoms with E-state index in [1.54, 1.807) is 23.0 Å². The zero-order chi connectivity index (χ0) is 21.8. The lowest BCUT2D eigenvalue weighted by atomic mass is 10.1. The summed E-state index contributed by atoms with van der Waals surface area (Å²) in [5.41, 5.74) is 5.84. The SMILES string of the molecule is CC(C)c1nc(C#N)c(NN=Cc2cn(-c3ccccc3)nc2-c2ccc(F)cc2)o1. The highest BCUT2D eigenvalue weighted by Crippen LogP contribution is 2.24. The van der Waals surface area contributed by atoms with Crippen LogP contribution >= 0.6 is 0 Å². The van der Waals surface area contributed by atoms with E-state index in [-0.39, 0.29) is 23.3 Å². The number of nitriles is 1. The van der Waals surface area contributed by atoms with Gasteiger partial charge in [0, 0.05) is 23.2 Å². The number of nitrogens with zero attached hydrogens (tertiary/aromatic N) is 5. The first-order valence-electron chi connectivity index (χ1n) is 9.66. The monoisotopic (exact) mass is 414 g/mol. The Labute approximate surface area is 178 Å². The molecule has 0 unspecified atom stereocenters. The van der Waals surface area contributed by atoms with E-state index in [1.807, 2.05) is 56.4 Å². The lowest BCUT2D eigenvalue weighted by Crippen LogP contribution is -1.94. The maximum Gasteiger partial charge on any atom is 0.252 e. The fourth-order valence-corrected chi connectivity index (χ4v) is 2.92. The second kappa shape index (κ2) is 8.63. The first-order chi connectivity index (χ1) is 15.0. The van der Waals surface area contributed by atoms with E-state index in [0.29, 0.717) is 17.1 Å². The van der Waals surface area contributed by atoms with Crippen molar-refractivity contribution in [1.29, 1.82) is 5.26 Å². The Morgan fingerprint density at radius 2 is 1.90 bits per heavy atom. The van der Waals surface area contributed by atoms with E-state index in [0.717, 1.165) is 11.3 Å². The number of hydrazone groups is 1. The van der Waals surface area contributed by atoms with E-state index in [2.05, 4.69) is 20.6 Å². The van der Waals surface area contributed by atoms with Crippen LogP contribution in [0.4, 0.5) is 10.3 Å². The van der Waals surface area contributed by atoms with Crippen LogP contribution in [-0.2, 0) is 0 Å². The molecule has 4 aromatic rings. The van der Waals surface area contributed by atoms with Gasteiger partial charge in [-0.15, -0.1) is 0 Å². The summed E-state index contributed by atoms with van der Waals surface area (Å²) in [4.78, 5) is 4.15.